The van der Waals surface area contributed by atoms with E-state index in [0.29, 0.717) is 5.92 Å². The van der Waals surface area contributed by atoms with Crippen molar-refractivity contribution in [2.24, 2.45) is 0 Å². The zero-order valence-corrected chi connectivity index (χ0v) is 15.6. The van der Waals surface area contributed by atoms with E-state index >= 15 is 0 Å². The average Bonchev–Trinajstić information content (AvgIpc) is 3.24. The van der Waals surface area contributed by atoms with Gasteiger partial charge >= 0.3 is 6.03 Å². The SMILES string of the molecule is COc1ccc([C@@H]2N(c3ccc(C(C)C)cc3)C(=O)N3CCCN23)cc1. The largest absolute Gasteiger partial charge is 0.497 e. The van der Waals surface area contributed by atoms with Crippen LogP contribution in [-0.2, 0) is 0 Å². The van der Waals surface area contributed by atoms with E-state index < -0.39 is 0 Å². The van der Waals surface area contributed by atoms with Gasteiger partial charge in [-0.25, -0.2) is 4.79 Å². The molecular weight excluding hydrogens is 326 g/mol. The maximum atomic E-state index is 13.1. The van der Waals surface area contributed by atoms with E-state index in [1.807, 2.05) is 34.2 Å². The van der Waals surface area contributed by atoms with E-state index in [9.17, 15) is 4.79 Å². The topological polar surface area (TPSA) is 36.0 Å². The Morgan fingerprint density at radius 3 is 2.31 bits per heavy atom. The maximum absolute atomic E-state index is 13.1. The molecule has 0 aliphatic carbocycles. The number of amides is 2. The van der Waals surface area contributed by atoms with Crippen molar-refractivity contribution >= 4 is 11.7 Å². The van der Waals surface area contributed by atoms with E-state index in [1.54, 1.807) is 7.11 Å². The number of nitrogens with zero attached hydrogens (tertiary/aromatic N) is 3. The quantitative estimate of drug-likeness (QED) is 0.820. The molecule has 0 unspecified atom stereocenters. The summed E-state index contributed by atoms with van der Waals surface area (Å²) in [5, 5.41) is 4.06. The molecule has 2 aromatic carbocycles. The Labute approximate surface area is 154 Å². The summed E-state index contributed by atoms with van der Waals surface area (Å²) >= 11 is 0. The number of benzene rings is 2. The number of fused-ring (bicyclic) bond motifs is 1. The van der Waals surface area contributed by atoms with Crippen LogP contribution >= 0.6 is 0 Å². The minimum atomic E-state index is -0.110. The number of carbonyl (C=O) groups excluding carboxylic acids is 1. The van der Waals surface area contributed by atoms with Gasteiger partial charge in [-0.1, -0.05) is 38.1 Å². The van der Waals surface area contributed by atoms with Crippen molar-refractivity contribution in [1.29, 1.82) is 0 Å². The first-order chi connectivity index (χ1) is 12.6. The van der Waals surface area contributed by atoms with Crippen molar-refractivity contribution in [3.05, 3.63) is 59.7 Å². The lowest BCUT2D eigenvalue weighted by atomic mass is 10.0. The summed E-state index contributed by atoms with van der Waals surface area (Å²) in [6.45, 7) is 6.03. The molecule has 5 nitrogen and oxygen atoms in total. The van der Waals surface area contributed by atoms with Crippen molar-refractivity contribution in [3.63, 3.8) is 0 Å². The Hall–Kier alpha value is -2.53. The summed E-state index contributed by atoms with van der Waals surface area (Å²) in [5.41, 5.74) is 3.31. The van der Waals surface area contributed by atoms with Crippen LogP contribution < -0.4 is 9.64 Å². The molecule has 2 amide bonds. The molecule has 5 heteroatoms. The van der Waals surface area contributed by atoms with Crippen LogP contribution in [0.1, 0.15) is 43.5 Å². The summed E-state index contributed by atoms with van der Waals surface area (Å²) in [6, 6.07) is 16.4. The van der Waals surface area contributed by atoms with Crippen molar-refractivity contribution < 1.29 is 9.53 Å². The van der Waals surface area contributed by atoms with E-state index in [4.69, 9.17) is 4.74 Å². The van der Waals surface area contributed by atoms with Crippen LogP contribution in [0.15, 0.2) is 48.5 Å². The highest BCUT2D eigenvalue weighted by Gasteiger charge is 2.47. The normalized spacial score (nSPS) is 20.2. The third-order valence-electron chi connectivity index (χ3n) is 5.27. The highest BCUT2D eigenvalue weighted by molar-refractivity contribution is 5.94. The summed E-state index contributed by atoms with van der Waals surface area (Å²) in [4.78, 5) is 15.0. The Kier molecular flexibility index (Phi) is 4.32. The molecule has 2 heterocycles. The molecule has 0 radical (unpaired) electrons. The Morgan fingerprint density at radius 1 is 1.00 bits per heavy atom. The van der Waals surface area contributed by atoms with Gasteiger partial charge in [0.1, 0.15) is 11.9 Å². The van der Waals surface area contributed by atoms with Gasteiger partial charge < -0.3 is 4.74 Å². The number of methoxy groups -OCH3 is 1. The second-order valence-corrected chi connectivity index (χ2v) is 7.19. The van der Waals surface area contributed by atoms with Crippen molar-refractivity contribution in [2.75, 3.05) is 25.1 Å². The van der Waals surface area contributed by atoms with E-state index in [-0.39, 0.29) is 12.2 Å². The average molecular weight is 351 g/mol. The zero-order chi connectivity index (χ0) is 18.3. The highest BCUT2D eigenvalue weighted by Crippen LogP contribution is 2.40. The number of rotatable bonds is 4. The third-order valence-corrected chi connectivity index (χ3v) is 5.27. The van der Waals surface area contributed by atoms with Crippen LogP contribution in [0, 0.1) is 0 Å². The minimum absolute atomic E-state index is 0.0561. The number of hydrazine groups is 1. The molecule has 0 saturated carbocycles. The molecule has 2 fully saturated rings. The predicted octanol–water partition coefficient (Wildman–Crippen LogP) is 4.38. The molecule has 2 saturated heterocycles. The van der Waals surface area contributed by atoms with Crippen LogP contribution in [-0.4, -0.2) is 36.2 Å². The summed E-state index contributed by atoms with van der Waals surface area (Å²) in [5.74, 6) is 1.30. The first-order valence-electron chi connectivity index (χ1n) is 9.21. The first-order valence-corrected chi connectivity index (χ1v) is 9.21. The Bertz CT molecular complexity index is 786. The maximum Gasteiger partial charge on any atom is 0.340 e. The minimum Gasteiger partial charge on any atom is -0.497 e. The summed E-state index contributed by atoms with van der Waals surface area (Å²) in [6.07, 6.45) is 0.902. The number of hydrogen-bond acceptors (Lipinski definition) is 3. The van der Waals surface area contributed by atoms with Crippen LogP contribution in [0.3, 0.4) is 0 Å². The van der Waals surface area contributed by atoms with Crippen molar-refractivity contribution in [2.45, 2.75) is 32.4 Å². The van der Waals surface area contributed by atoms with Gasteiger partial charge in [0.25, 0.3) is 0 Å². The second-order valence-electron chi connectivity index (χ2n) is 7.19. The fraction of sp³-hybridized carbons (Fsp3) is 0.381. The van der Waals surface area contributed by atoms with Gasteiger partial charge in [0.05, 0.1) is 7.11 Å². The summed E-state index contributed by atoms with van der Waals surface area (Å²) in [7, 11) is 1.67. The highest BCUT2D eigenvalue weighted by atomic mass is 16.5. The molecule has 4 rings (SSSR count). The lowest BCUT2D eigenvalue weighted by molar-refractivity contribution is 0.0727. The fourth-order valence-electron chi connectivity index (χ4n) is 3.82. The van der Waals surface area contributed by atoms with Gasteiger partial charge in [0, 0.05) is 18.8 Å². The smallest absolute Gasteiger partial charge is 0.340 e. The van der Waals surface area contributed by atoms with Gasteiger partial charge in [-0.15, -0.1) is 0 Å². The van der Waals surface area contributed by atoms with E-state index in [0.717, 1.165) is 36.5 Å². The second kappa shape index (κ2) is 6.65. The molecule has 2 aliphatic heterocycles. The number of ether oxygens (including phenoxy) is 1. The molecule has 1 atom stereocenters. The van der Waals surface area contributed by atoms with E-state index in [1.165, 1.54) is 5.56 Å². The van der Waals surface area contributed by atoms with Gasteiger partial charge in [-0.2, -0.15) is 5.01 Å². The fourth-order valence-corrected chi connectivity index (χ4v) is 3.82. The number of urea groups is 1. The molecule has 2 aromatic rings. The molecule has 136 valence electrons. The first kappa shape index (κ1) is 16.9. The Balaban J connectivity index is 1.73. The molecular formula is C21H25N3O2. The van der Waals surface area contributed by atoms with Crippen LogP contribution in [0.2, 0.25) is 0 Å². The molecule has 26 heavy (non-hydrogen) atoms. The van der Waals surface area contributed by atoms with Gasteiger partial charge in [-0.3, -0.25) is 9.91 Å². The molecule has 0 aromatic heterocycles. The van der Waals surface area contributed by atoms with Gasteiger partial charge in [0.2, 0.25) is 0 Å². The molecule has 0 bridgehead atoms. The molecule has 0 spiro atoms. The van der Waals surface area contributed by atoms with Gasteiger partial charge in [-0.05, 0) is 47.7 Å². The third kappa shape index (κ3) is 2.72. The van der Waals surface area contributed by atoms with Crippen molar-refractivity contribution in [1.82, 2.24) is 10.0 Å². The number of hydrogen-bond donors (Lipinski definition) is 0. The number of anilines is 1. The van der Waals surface area contributed by atoms with Gasteiger partial charge in [0.15, 0.2) is 0 Å². The Morgan fingerprint density at radius 2 is 1.69 bits per heavy atom. The van der Waals surface area contributed by atoms with Crippen molar-refractivity contribution in [3.8, 4) is 5.75 Å². The summed E-state index contributed by atoms with van der Waals surface area (Å²) < 4.78 is 5.28. The lowest BCUT2D eigenvalue weighted by Gasteiger charge is -2.28. The van der Waals surface area contributed by atoms with Crippen LogP contribution in [0.4, 0.5) is 10.5 Å². The van der Waals surface area contributed by atoms with Crippen LogP contribution in [0.5, 0.6) is 5.75 Å². The standard InChI is InChI=1S/C21H25N3O2/c1-15(2)16-5-9-18(10-6-16)24-20(17-7-11-19(26-3)12-8-17)22-13-4-14-23(22)21(24)25/h5-12,15,20H,4,13-14H2,1-3H3/t20-/m0/s1. The molecule has 2 aliphatic rings. The van der Waals surface area contributed by atoms with E-state index in [2.05, 4.69) is 43.1 Å². The zero-order valence-electron chi connectivity index (χ0n) is 15.6. The lowest BCUT2D eigenvalue weighted by Crippen LogP contribution is -2.32. The number of carbonyl (C=O) groups is 1. The predicted molar refractivity (Wildman–Crippen MR) is 102 cm³/mol. The van der Waals surface area contributed by atoms with Crippen LogP contribution in [0.25, 0.3) is 0 Å². The monoisotopic (exact) mass is 351 g/mol. The molecule has 0 N–H and O–H groups in total.